The molecular formula is C20H20N6OS. The van der Waals surface area contributed by atoms with Gasteiger partial charge in [-0.1, -0.05) is 36.0 Å². The van der Waals surface area contributed by atoms with Crippen molar-refractivity contribution in [3.05, 3.63) is 70.6 Å². The van der Waals surface area contributed by atoms with Crippen molar-refractivity contribution in [2.45, 2.75) is 27.2 Å². The molecular weight excluding hydrogens is 372 g/mol. The van der Waals surface area contributed by atoms with Crippen molar-refractivity contribution in [3.8, 4) is 11.5 Å². The van der Waals surface area contributed by atoms with E-state index in [1.165, 1.54) is 11.3 Å². The zero-order valence-corrected chi connectivity index (χ0v) is 16.7. The van der Waals surface area contributed by atoms with Crippen molar-refractivity contribution in [1.82, 2.24) is 24.5 Å². The molecule has 0 bridgehead atoms. The summed E-state index contributed by atoms with van der Waals surface area (Å²) in [5.41, 5.74) is 3.20. The van der Waals surface area contributed by atoms with Crippen LogP contribution in [0.15, 0.2) is 48.8 Å². The molecule has 1 amide bonds. The van der Waals surface area contributed by atoms with Gasteiger partial charge in [0, 0.05) is 12.4 Å². The lowest BCUT2D eigenvalue weighted by Crippen LogP contribution is -2.16. The second kappa shape index (κ2) is 7.40. The number of hydrogen-bond acceptors (Lipinski definition) is 5. The van der Waals surface area contributed by atoms with Crippen LogP contribution in [-0.4, -0.2) is 30.5 Å². The maximum Gasteiger partial charge on any atom is 0.263 e. The van der Waals surface area contributed by atoms with Crippen LogP contribution in [0.5, 0.6) is 0 Å². The molecule has 1 aromatic carbocycles. The first kappa shape index (κ1) is 18.1. The molecule has 0 fully saturated rings. The Morgan fingerprint density at radius 2 is 1.82 bits per heavy atom. The van der Waals surface area contributed by atoms with Crippen LogP contribution >= 0.6 is 11.3 Å². The average molecular weight is 392 g/mol. The Labute approximate surface area is 166 Å². The number of carbonyl (C=O) groups is 1. The molecule has 8 heteroatoms. The van der Waals surface area contributed by atoms with Crippen LogP contribution in [0.25, 0.3) is 11.5 Å². The number of benzene rings is 1. The van der Waals surface area contributed by atoms with Crippen LogP contribution in [0, 0.1) is 13.8 Å². The van der Waals surface area contributed by atoms with E-state index in [1.807, 2.05) is 74.1 Å². The van der Waals surface area contributed by atoms with E-state index in [1.54, 1.807) is 4.68 Å². The van der Waals surface area contributed by atoms with E-state index < -0.39 is 0 Å². The fourth-order valence-corrected chi connectivity index (χ4v) is 3.64. The largest absolute Gasteiger partial charge is 0.308 e. The predicted octanol–water partition coefficient (Wildman–Crippen LogP) is 3.95. The second-order valence-electron chi connectivity index (χ2n) is 6.43. The highest BCUT2D eigenvalue weighted by Gasteiger charge is 2.24. The zero-order chi connectivity index (χ0) is 19.7. The minimum Gasteiger partial charge on any atom is -0.308 e. The fraction of sp³-hybridized carbons (Fsp3) is 0.200. The number of aryl methyl sites for hydroxylation is 3. The van der Waals surface area contributed by atoms with Crippen molar-refractivity contribution in [2.24, 2.45) is 0 Å². The van der Waals surface area contributed by atoms with Crippen LogP contribution in [0.2, 0.25) is 0 Å². The van der Waals surface area contributed by atoms with Gasteiger partial charge < -0.3 is 4.57 Å². The highest BCUT2D eigenvalue weighted by atomic mass is 32.1. The first-order valence-electron chi connectivity index (χ1n) is 9.00. The summed E-state index contributed by atoms with van der Waals surface area (Å²) in [5.74, 6) is 0.433. The van der Waals surface area contributed by atoms with Gasteiger partial charge in [0.1, 0.15) is 10.6 Å². The Kier molecular flexibility index (Phi) is 4.79. The van der Waals surface area contributed by atoms with E-state index in [-0.39, 0.29) is 5.91 Å². The molecule has 0 radical (unpaired) electrons. The van der Waals surface area contributed by atoms with Crippen LogP contribution in [0.4, 0.5) is 5.13 Å². The smallest absolute Gasteiger partial charge is 0.263 e. The van der Waals surface area contributed by atoms with Crippen molar-refractivity contribution in [2.75, 3.05) is 5.32 Å². The van der Waals surface area contributed by atoms with E-state index in [2.05, 4.69) is 20.6 Å². The van der Waals surface area contributed by atoms with Crippen molar-refractivity contribution >= 4 is 22.4 Å². The first-order valence-corrected chi connectivity index (χ1v) is 9.82. The molecule has 28 heavy (non-hydrogen) atoms. The van der Waals surface area contributed by atoms with E-state index >= 15 is 0 Å². The molecule has 0 saturated heterocycles. The molecule has 142 valence electrons. The van der Waals surface area contributed by atoms with Gasteiger partial charge >= 0.3 is 0 Å². The Morgan fingerprint density at radius 3 is 2.46 bits per heavy atom. The van der Waals surface area contributed by atoms with Gasteiger partial charge in [-0.05, 0) is 44.5 Å². The lowest BCUT2D eigenvalue weighted by atomic mass is 10.2. The maximum atomic E-state index is 13.1. The molecule has 0 atom stereocenters. The quantitative estimate of drug-likeness (QED) is 0.558. The molecule has 3 heterocycles. The molecule has 0 aliphatic carbocycles. The minimum absolute atomic E-state index is 0.252. The van der Waals surface area contributed by atoms with Gasteiger partial charge in [-0.2, -0.15) is 5.10 Å². The molecule has 0 unspecified atom stereocenters. The number of amides is 1. The SMILES string of the molecule is CCc1nnc(NC(=O)c2c(C)nn(-c3ccc(C)cc3)c2-n2cccc2)s1. The van der Waals surface area contributed by atoms with Crippen LogP contribution in [0.1, 0.15) is 33.5 Å². The van der Waals surface area contributed by atoms with Gasteiger partial charge in [-0.25, -0.2) is 4.68 Å². The highest BCUT2D eigenvalue weighted by molar-refractivity contribution is 7.15. The van der Waals surface area contributed by atoms with Crippen LogP contribution < -0.4 is 5.32 Å². The third kappa shape index (κ3) is 3.34. The van der Waals surface area contributed by atoms with Gasteiger partial charge in [0.05, 0.1) is 11.4 Å². The molecule has 0 aliphatic heterocycles. The van der Waals surface area contributed by atoms with Crippen molar-refractivity contribution in [1.29, 1.82) is 0 Å². The van der Waals surface area contributed by atoms with E-state index in [4.69, 9.17) is 0 Å². The Bertz CT molecular complexity index is 1110. The van der Waals surface area contributed by atoms with Gasteiger partial charge in [0.15, 0.2) is 5.82 Å². The van der Waals surface area contributed by atoms with Gasteiger partial charge in [-0.3, -0.25) is 10.1 Å². The number of hydrogen-bond donors (Lipinski definition) is 1. The van der Waals surface area contributed by atoms with Gasteiger partial charge in [-0.15, -0.1) is 10.2 Å². The summed E-state index contributed by atoms with van der Waals surface area (Å²) in [5, 5.41) is 17.0. The number of aromatic nitrogens is 5. The lowest BCUT2D eigenvalue weighted by molar-refractivity contribution is 0.102. The third-order valence-electron chi connectivity index (χ3n) is 4.38. The summed E-state index contributed by atoms with van der Waals surface area (Å²) >= 11 is 1.38. The Hall–Kier alpha value is -3.26. The molecule has 1 N–H and O–H groups in total. The lowest BCUT2D eigenvalue weighted by Gasteiger charge is -2.11. The summed E-state index contributed by atoms with van der Waals surface area (Å²) in [7, 11) is 0. The number of carbonyl (C=O) groups excluding carboxylic acids is 1. The molecule has 4 rings (SSSR count). The minimum atomic E-state index is -0.252. The fourth-order valence-electron chi connectivity index (χ4n) is 2.97. The molecule has 7 nitrogen and oxygen atoms in total. The zero-order valence-electron chi connectivity index (χ0n) is 15.9. The number of nitrogens with zero attached hydrogens (tertiary/aromatic N) is 5. The first-order chi connectivity index (χ1) is 13.6. The average Bonchev–Trinajstić information content (AvgIpc) is 3.41. The summed E-state index contributed by atoms with van der Waals surface area (Å²) < 4.78 is 3.69. The number of nitrogens with one attached hydrogen (secondary N) is 1. The van der Waals surface area contributed by atoms with E-state index in [9.17, 15) is 4.79 Å². The standard InChI is InChI=1S/C20H20N6OS/c1-4-16-22-23-20(28-16)21-18(27)17-14(3)24-26(15-9-7-13(2)8-10-15)19(17)25-11-5-6-12-25/h5-12H,4H2,1-3H3,(H,21,23,27). The molecule has 3 aromatic heterocycles. The van der Waals surface area contributed by atoms with E-state index in [0.29, 0.717) is 22.2 Å². The summed E-state index contributed by atoms with van der Waals surface area (Å²) in [6.45, 7) is 5.88. The summed E-state index contributed by atoms with van der Waals surface area (Å²) in [6, 6.07) is 11.9. The number of rotatable bonds is 5. The normalized spacial score (nSPS) is 11.0. The van der Waals surface area contributed by atoms with Crippen molar-refractivity contribution < 1.29 is 4.79 Å². The van der Waals surface area contributed by atoms with Gasteiger partial charge in [0.25, 0.3) is 5.91 Å². The third-order valence-corrected chi connectivity index (χ3v) is 5.36. The van der Waals surface area contributed by atoms with Crippen LogP contribution in [0.3, 0.4) is 0 Å². The number of anilines is 1. The second-order valence-corrected chi connectivity index (χ2v) is 7.49. The van der Waals surface area contributed by atoms with Crippen molar-refractivity contribution in [3.63, 3.8) is 0 Å². The predicted molar refractivity (Wildman–Crippen MR) is 110 cm³/mol. The molecule has 4 aromatic rings. The molecule has 0 saturated carbocycles. The highest BCUT2D eigenvalue weighted by Crippen LogP contribution is 2.25. The monoisotopic (exact) mass is 392 g/mol. The summed E-state index contributed by atoms with van der Waals surface area (Å²) in [4.78, 5) is 13.1. The Balaban J connectivity index is 1.80. The maximum absolute atomic E-state index is 13.1. The topological polar surface area (TPSA) is 77.6 Å². The van der Waals surface area contributed by atoms with Crippen LogP contribution in [-0.2, 0) is 6.42 Å². The summed E-state index contributed by atoms with van der Waals surface area (Å²) in [6.07, 6.45) is 4.59. The molecule has 0 aliphatic rings. The van der Waals surface area contributed by atoms with E-state index in [0.717, 1.165) is 22.7 Å². The molecule has 0 spiro atoms. The Morgan fingerprint density at radius 1 is 1.11 bits per heavy atom. The van der Waals surface area contributed by atoms with Gasteiger partial charge in [0.2, 0.25) is 5.13 Å².